The fourth-order valence-electron chi connectivity index (χ4n) is 1.98. The van der Waals surface area contributed by atoms with Crippen molar-refractivity contribution in [2.24, 2.45) is 5.41 Å². The first-order chi connectivity index (χ1) is 16.7. The van der Waals surface area contributed by atoms with Crippen LogP contribution in [-0.4, -0.2) is 46.7 Å². The van der Waals surface area contributed by atoms with Gasteiger partial charge in [-0.2, -0.15) is 0 Å². The molecule has 0 bridgehead atoms. The summed E-state index contributed by atoms with van der Waals surface area (Å²) in [5.74, 6) is -1.60. The van der Waals surface area contributed by atoms with Crippen molar-refractivity contribution in [1.82, 2.24) is 0 Å². The van der Waals surface area contributed by atoms with Crippen LogP contribution in [0.3, 0.4) is 0 Å². The minimum atomic E-state index is -2.58. The monoisotopic (exact) mass is 616 g/mol. The standard InChI is InChI=1S/C29H60O6Si4/c1-25(2,3)29(13,14)36-32-23(30)21(33-37(15,16)26(4,5)6)22(34-38(17,18)27(7,8)9)24(31)35-39(19,20)28(10,11)12/h1-20H3/b22-21+. The van der Waals surface area contributed by atoms with Crippen LogP contribution in [0.25, 0.3) is 0 Å². The van der Waals surface area contributed by atoms with E-state index in [0.717, 1.165) is 0 Å². The molecule has 6 nitrogen and oxygen atoms in total. The molecule has 0 unspecified atom stereocenters. The molecule has 0 aromatic carbocycles. The average Bonchev–Trinajstić information content (AvgIpc) is 2.64. The molecule has 0 aliphatic rings. The summed E-state index contributed by atoms with van der Waals surface area (Å²) in [5, 5.41) is -0.953. The fourth-order valence-corrected chi connectivity index (χ4v) is 5.58. The van der Waals surface area contributed by atoms with Gasteiger partial charge >= 0.3 is 21.7 Å². The first kappa shape index (κ1) is 38.1. The van der Waals surface area contributed by atoms with Crippen molar-refractivity contribution in [3.05, 3.63) is 11.5 Å². The third-order valence-electron chi connectivity index (χ3n) is 9.33. The Balaban J connectivity index is 7.24. The van der Waals surface area contributed by atoms with Gasteiger partial charge in [-0.25, -0.2) is 9.59 Å². The van der Waals surface area contributed by atoms with Crippen LogP contribution in [0, 0.1) is 5.41 Å². The molecule has 0 aromatic rings. The first-order valence-electron chi connectivity index (χ1n) is 14.0. The molecule has 0 atom stereocenters. The van der Waals surface area contributed by atoms with Crippen molar-refractivity contribution in [2.45, 2.75) is 156 Å². The Bertz CT molecular complexity index is 921. The molecule has 0 saturated heterocycles. The molecule has 0 rings (SSSR count). The molecule has 10 heteroatoms. The molecule has 0 aromatic heterocycles. The normalized spacial score (nSPS) is 15.4. The summed E-state index contributed by atoms with van der Waals surface area (Å²) < 4.78 is 25.4. The van der Waals surface area contributed by atoms with Crippen LogP contribution in [0.2, 0.25) is 59.4 Å². The van der Waals surface area contributed by atoms with Gasteiger partial charge in [-0.15, -0.1) is 0 Å². The molecule has 0 N–H and O–H groups in total. The predicted octanol–water partition coefficient (Wildman–Crippen LogP) is 9.20. The predicted molar refractivity (Wildman–Crippen MR) is 172 cm³/mol. The van der Waals surface area contributed by atoms with Gasteiger partial charge < -0.3 is 17.7 Å². The van der Waals surface area contributed by atoms with Gasteiger partial charge in [-0.05, 0) is 59.8 Å². The molecule has 0 spiro atoms. The number of hydrogen-bond donors (Lipinski definition) is 0. The van der Waals surface area contributed by atoms with Crippen LogP contribution in [0.1, 0.15) is 96.9 Å². The van der Waals surface area contributed by atoms with E-state index in [4.69, 9.17) is 17.7 Å². The third-order valence-corrected chi connectivity index (χ3v) is 23.8. The number of rotatable bonds is 9. The Labute approximate surface area is 246 Å². The lowest BCUT2D eigenvalue weighted by molar-refractivity contribution is -0.138. The quantitative estimate of drug-likeness (QED) is 0.146. The Hall–Kier alpha value is -0.852. The van der Waals surface area contributed by atoms with Crippen LogP contribution in [-0.2, 0) is 27.3 Å². The van der Waals surface area contributed by atoms with Gasteiger partial charge in [0, 0.05) is 5.04 Å². The maximum absolute atomic E-state index is 14.0. The zero-order chi connectivity index (χ0) is 31.8. The second kappa shape index (κ2) is 11.8. The largest absolute Gasteiger partial charge is 0.536 e. The van der Waals surface area contributed by atoms with Crippen LogP contribution in [0.15, 0.2) is 11.5 Å². The molecular weight excluding hydrogens is 557 g/mol. The van der Waals surface area contributed by atoms with E-state index in [0.29, 0.717) is 0 Å². The topological polar surface area (TPSA) is 71.1 Å². The van der Waals surface area contributed by atoms with E-state index in [1.54, 1.807) is 0 Å². The molecule has 0 fully saturated rings. The second-order valence-electron chi connectivity index (χ2n) is 16.9. The lowest BCUT2D eigenvalue weighted by Crippen LogP contribution is -2.47. The fraction of sp³-hybridized carbons (Fsp3) is 0.862. The van der Waals surface area contributed by atoms with Crippen molar-refractivity contribution in [2.75, 3.05) is 0 Å². The smallest absolute Gasteiger partial charge is 0.363 e. The highest BCUT2D eigenvalue weighted by atomic mass is 28.4. The van der Waals surface area contributed by atoms with Gasteiger partial charge in [0.2, 0.25) is 11.5 Å². The van der Waals surface area contributed by atoms with Gasteiger partial charge in [-0.1, -0.05) is 96.9 Å². The summed E-state index contributed by atoms with van der Waals surface area (Å²) in [7, 11) is -7.85. The molecular formula is C29H60O6Si4. The highest BCUT2D eigenvalue weighted by Crippen LogP contribution is 2.45. The van der Waals surface area contributed by atoms with Crippen molar-refractivity contribution in [3.8, 4) is 0 Å². The van der Waals surface area contributed by atoms with Crippen molar-refractivity contribution >= 4 is 46.7 Å². The van der Waals surface area contributed by atoms with Crippen molar-refractivity contribution < 1.29 is 27.3 Å². The molecule has 0 aliphatic heterocycles. The Morgan fingerprint density at radius 2 is 0.769 bits per heavy atom. The highest BCUT2D eigenvalue weighted by Gasteiger charge is 2.48. The van der Waals surface area contributed by atoms with E-state index in [9.17, 15) is 9.59 Å². The zero-order valence-electron chi connectivity index (χ0n) is 28.9. The Kier molecular flexibility index (Phi) is 11.5. The summed E-state index contributed by atoms with van der Waals surface area (Å²) in [6, 6.07) is 0. The van der Waals surface area contributed by atoms with Crippen LogP contribution in [0.4, 0.5) is 0 Å². The van der Waals surface area contributed by atoms with Gasteiger partial charge in [0.05, 0.1) is 0 Å². The molecule has 0 heterocycles. The van der Waals surface area contributed by atoms with Crippen molar-refractivity contribution in [1.29, 1.82) is 0 Å². The van der Waals surface area contributed by atoms with E-state index in [1.807, 2.05) is 39.3 Å². The summed E-state index contributed by atoms with van der Waals surface area (Å²) in [6.07, 6.45) is 0. The van der Waals surface area contributed by atoms with E-state index >= 15 is 0 Å². The third kappa shape index (κ3) is 9.88. The SMILES string of the molecule is CC(C)(C)C(C)(C)[Si]OC(=O)/C(O[Si](C)(C)C(C)(C)C)=C(\O[Si](C)(C)C(C)(C)C)C(=O)O[Si](C)(C)C(C)(C)C. The molecule has 39 heavy (non-hydrogen) atoms. The molecule has 0 aliphatic carbocycles. The Morgan fingerprint density at radius 1 is 0.487 bits per heavy atom. The minimum Gasteiger partial charge on any atom is -0.536 e. The maximum Gasteiger partial charge on any atom is 0.363 e. The van der Waals surface area contributed by atoms with Crippen molar-refractivity contribution in [3.63, 3.8) is 0 Å². The van der Waals surface area contributed by atoms with E-state index < -0.39 is 36.9 Å². The lowest BCUT2D eigenvalue weighted by atomic mass is 9.82. The van der Waals surface area contributed by atoms with E-state index in [2.05, 4.69) is 96.9 Å². The summed E-state index contributed by atoms with van der Waals surface area (Å²) in [6.45, 7) is 41.5. The summed E-state index contributed by atoms with van der Waals surface area (Å²) in [4.78, 5) is 28.0. The Morgan fingerprint density at radius 3 is 1.05 bits per heavy atom. The summed E-state index contributed by atoms with van der Waals surface area (Å²) >= 11 is 0. The number of hydrogen-bond acceptors (Lipinski definition) is 6. The minimum absolute atomic E-state index is 0.0996. The zero-order valence-corrected chi connectivity index (χ0v) is 32.9. The first-order valence-corrected chi connectivity index (χ1v) is 23.7. The van der Waals surface area contributed by atoms with Crippen LogP contribution < -0.4 is 0 Å². The second-order valence-corrected chi connectivity index (χ2v) is 32.7. The molecule has 228 valence electrons. The van der Waals surface area contributed by atoms with Crippen LogP contribution in [0.5, 0.6) is 0 Å². The number of carbonyl (C=O) groups excluding carboxylic acids is 2. The van der Waals surface area contributed by atoms with Gasteiger partial charge in [0.1, 0.15) is 0 Å². The van der Waals surface area contributed by atoms with Crippen LogP contribution >= 0.6 is 0 Å². The number of carbonyl (C=O) groups is 2. The molecule has 0 amide bonds. The summed E-state index contributed by atoms with van der Waals surface area (Å²) in [5.41, 5.74) is -0.0996. The lowest BCUT2D eigenvalue weighted by Gasteiger charge is -2.41. The molecule has 0 saturated carbocycles. The average molecular weight is 617 g/mol. The van der Waals surface area contributed by atoms with E-state index in [-0.39, 0.29) is 46.8 Å². The van der Waals surface area contributed by atoms with Gasteiger partial charge in [-0.3, -0.25) is 0 Å². The van der Waals surface area contributed by atoms with Gasteiger partial charge in [0.25, 0.3) is 25.0 Å². The van der Waals surface area contributed by atoms with E-state index in [1.165, 1.54) is 0 Å². The highest BCUT2D eigenvalue weighted by molar-refractivity contribution is 6.76. The van der Waals surface area contributed by atoms with Gasteiger partial charge in [0.15, 0.2) is 0 Å². The molecule has 2 radical (unpaired) electrons. The maximum atomic E-state index is 14.0.